The van der Waals surface area contributed by atoms with Crippen LogP contribution in [-0.2, 0) is 9.47 Å². The van der Waals surface area contributed by atoms with E-state index in [0.717, 1.165) is 19.3 Å². The Kier molecular flexibility index (Phi) is 3.93. The average Bonchev–Trinajstić information content (AvgIpc) is 2.47. The van der Waals surface area contributed by atoms with Crippen LogP contribution in [0.2, 0.25) is 0 Å². The molecule has 88 valence electrons. The zero-order valence-electron chi connectivity index (χ0n) is 9.95. The van der Waals surface area contributed by atoms with Gasteiger partial charge in [0.25, 0.3) is 0 Å². The summed E-state index contributed by atoms with van der Waals surface area (Å²) in [6.45, 7) is 7.88. The van der Waals surface area contributed by atoms with E-state index < -0.39 is 5.79 Å². The summed E-state index contributed by atoms with van der Waals surface area (Å²) in [6.07, 6.45) is 4.93. The molecular formula is C12H22O3. The van der Waals surface area contributed by atoms with Crippen LogP contribution in [-0.4, -0.2) is 30.7 Å². The Balaban J connectivity index is 2.53. The topological polar surface area (TPSA) is 38.7 Å². The molecule has 1 aliphatic rings. The van der Waals surface area contributed by atoms with E-state index in [1.54, 1.807) is 21.0 Å². The van der Waals surface area contributed by atoms with Crippen molar-refractivity contribution in [1.82, 2.24) is 0 Å². The monoisotopic (exact) mass is 214 g/mol. The molecular weight excluding hydrogens is 192 g/mol. The van der Waals surface area contributed by atoms with Gasteiger partial charge in [0.1, 0.15) is 0 Å². The Morgan fingerprint density at radius 1 is 1.60 bits per heavy atom. The molecule has 0 aromatic rings. The summed E-state index contributed by atoms with van der Waals surface area (Å²) in [4.78, 5) is 0. The van der Waals surface area contributed by atoms with Gasteiger partial charge in [-0.2, -0.15) is 0 Å². The normalized spacial score (nSPS) is 31.9. The van der Waals surface area contributed by atoms with Crippen molar-refractivity contribution in [1.29, 1.82) is 0 Å². The molecule has 1 fully saturated rings. The molecule has 0 aromatic heterocycles. The lowest BCUT2D eigenvalue weighted by Crippen LogP contribution is -2.30. The molecule has 1 saturated carbocycles. The molecule has 0 aliphatic heterocycles. The van der Waals surface area contributed by atoms with Crippen LogP contribution in [0, 0.1) is 5.41 Å². The summed E-state index contributed by atoms with van der Waals surface area (Å²) in [5, 5.41) is 9.57. The van der Waals surface area contributed by atoms with Gasteiger partial charge >= 0.3 is 0 Å². The highest BCUT2D eigenvalue weighted by Gasteiger charge is 2.39. The number of methoxy groups -OCH3 is 1. The van der Waals surface area contributed by atoms with Gasteiger partial charge in [0, 0.05) is 12.5 Å². The molecule has 3 nitrogen and oxygen atoms in total. The van der Waals surface area contributed by atoms with Crippen molar-refractivity contribution in [2.24, 2.45) is 5.41 Å². The van der Waals surface area contributed by atoms with E-state index >= 15 is 0 Å². The minimum absolute atomic E-state index is 0.0324. The van der Waals surface area contributed by atoms with Crippen molar-refractivity contribution in [2.75, 3.05) is 13.7 Å². The summed E-state index contributed by atoms with van der Waals surface area (Å²) >= 11 is 0. The Bertz CT molecular complexity index is 219. The minimum Gasteiger partial charge on any atom is -0.384 e. The van der Waals surface area contributed by atoms with Crippen molar-refractivity contribution < 1.29 is 14.6 Å². The van der Waals surface area contributed by atoms with Crippen molar-refractivity contribution in [3.63, 3.8) is 0 Å². The number of aliphatic hydroxyl groups is 1. The first-order chi connectivity index (χ1) is 6.91. The predicted molar refractivity (Wildman–Crippen MR) is 59.5 cm³/mol. The maximum Gasteiger partial charge on any atom is 0.160 e. The van der Waals surface area contributed by atoms with E-state index in [1.165, 1.54) is 0 Å². The van der Waals surface area contributed by atoms with Gasteiger partial charge in [-0.25, -0.2) is 0 Å². The fourth-order valence-electron chi connectivity index (χ4n) is 2.28. The Hall–Kier alpha value is -0.380. The van der Waals surface area contributed by atoms with Crippen LogP contribution in [0.5, 0.6) is 0 Å². The van der Waals surface area contributed by atoms with Gasteiger partial charge in [0.2, 0.25) is 0 Å². The molecule has 0 radical (unpaired) electrons. The quantitative estimate of drug-likeness (QED) is 0.562. The number of rotatable bonds is 5. The van der Waals surface area contributed by atoms with Gasteiger partial charge < -0.3 is 14.6 Å². The van der Waals surface area contributed by atoms with Crippen LogP contribution >= 0.6 is 0 Å². The lowest BCUT2D eigenvalue weighted by atomic mass is 9.87. The first-order valence-electron chi connectivity index (χ1n) is 5.43. The zero-order chi connectivity index (χ0) is 11.5. The molecule has 0 saturated heterocycles. The first-order valence-corrected chi connectivity index (χ1v) is 5.43. The molecule has 1 N–H and O–H groups in total. The van der Waals surface area contributed by atoms with Crippen LogP contribution in [0.15, 0.2) is 12.7 Å². The molecule has 1 rings (SSSR count). The highest BCUT2D eigenvalue weighted by atomic mass is 16.6. The Morgan fingerprint density at radius 3 is 2.73 bits per heavy atom. The van der Waals surface area contributed by atoms with E-state index in [0.29, 0.717) is 6.61 Å². The number of hydrogen-bond donors (Lipinski definition) is 1. The minimum atomic E-state index is -1.05. The summed E-state index contributed by atoms with van der Waals surface area (Å²) in [7, 11) is 1.70. The van der Waals surface area contributed by atoms with Crippen molar-refractivity contribution in [3.05, 3.63) is 12.7 Å². The third kappa shape index (κ3) is 3.59. The molecule has 0 aromatic carbocycles. The maximum atomic E-state index is 9.57. The second-order valence-electron chi connectivity index (χ2n) is 4.93. The molecule has 3 heteroatoms. The zero-order valence-corrected chi connectivity index (χ0v) is 9.95. The Labute approximate surface area is 92.1 Å². The highest BCUT2D eigenvalue weighted by molar-refractivity contribution is 5.01. The summed E-state index contributed by atoms with van der Waals surface area (Å²) < 4.78 is 10.8. The average molecular weight is 214 g/mol. The van der Waals surface area contributed by atoms with Gasteiger partial charge in [-0.3, -0.25) is 0 Å². The molecule has 0 bridgehead atoms. The van der Waals surface area contributed by atoms with Gasteiger partial charge in [-0.15, -0.1) is 6.58 Å². The van der Waals surface area contributed by atoms with E-state index in [-0.39, 0.29) is 11.5 Å². The van der Waals surface area contributed by atoms with E-state index in [4.69, 9.17) is 9.47 Å². The third-order valence-electron chi connectivity index (χ3n) is 2.92. The van der Waals surface area contributed by atoms with Crippen molar-refractivity contribution in [2.45, 2.75) is 45.0 Å². The lowest BCUT2D eigenvalue weighted by molar-refractivity contribution is -0.205. The van der Waals surface area contributed by atoms with Gasteiger partial charge in [-0.1, -0.05) is 6.08 Å². The van der Waals surface area contributed by atoms with E-state index in [1.807, 2.05) is 6.08 Å². The molecule has 0 unspecified atom stereocenters. The standard InChI is InChI=1S/C12H22O3/c1-5-12(9-14-4)7-6-10(8-12)15-11(2,3)13/h5,10,13H,1,6-9H2,2-4H3/t10-,12+/m0/s1. The maximum absolute atomic E-state index is 9.57. The van der Waals surface area contributed by atoms with Crippen LogP contribution in [0.1, 0.15) is 33.1 Å². The molecule has 0 spiro atoms. The molecule has 2 atom stereocenters. The SMILES string of the molecule is C=C[C@@]1(COC)CC[C@H](OC(C)(C)O)C1. The largest absolute Gasteiger partial charge is 0.384 e. The predicted octanol–water partition coefficient (Wildman–Crippen LogP) is 2.10. The third-order valence-corrected chi connectivity index (χ3v) is 2.92. The summed E-state index contributed by atoms with van der Waals surface area (Å²) in [5.74, 6) is -1.05. The van der Waals surface area contributed by atoms with Crippen LogP contribution < -0.4 is 0 Å². The van der Waals surface area contributed by atoms with Crippen molar-refractivity contribution >= 4 is 0 Å². The van der Waals surface area contributed by atoms with Gasteiger partial charge in [0.15, 0.2) is 5.79 Å². The van der Waals surface area contributed by atoms with Gasteiger partial charge in [-0.05, 0) is 33.1 Å². The highest BCUT2D eigenvalue weighted by Crippen LogP contribution is 2.41. The lowest BCUT2D eigenvalue weighted by Gasteiger charge is -2.26. The van der Waals surface area contributed by atoms with E-state index in [2.05, 4.69) is 6.58 Å². The number of ether oxygens (including phenoxy) is 2. The van der Waals surface area contributed by atoms with Crippen molar-refractivity contribution in [3.8, 4) is 0 Å². The Morgan fingerprint density at radius 2 is 2.27 bits per heavy atom. The molecule has 0 amide bonds. The van der Waals surface area contributed by atoms with E-state index in [9.17, 15) is 5.11 Å². The molecule has 0 heterocycles. The summed E-state index contributed by atoms with van der Waals surface area (Å²) in [6, 6.07) is 0. The van der Waals surface area contributed by atoms with Crippen LogP contribution in [0.4, 0.5) is 0 Å². The fraction of sp³-hybridized carbons (Fsp3) is 0.833. The second kappa shape index (κ2) is 4.64. The smallest absolute Gasteiger partial charge is 0.160 e. The first kappa shape index (κ1) is 12.7. The van der Waals surface area contributed by atoms with Crippen LogP contribution in [0.3, 0.4) is 0 Å². The summed E-state index contributed by atoms with van der Waals surface area (Å²) in [5.41, 5.74) is 0.0324. The second-order valence-corrected chi connectivity index (χ2v) is 4.93. The van der Waals surface area contributed by atoms with Gasteiger partial charge in [0.05, 0.1) is 12.7 Å². The molecule has 15 heavy (non-hydrogen) atoms. The number of hydrogen-bond acceptors (Lipinski definition) is 3. The van der Waals surface area contributed by atoms with Crippen LogP contribution in [0.25, 0.3) is 0 Å². The fourth-order valence-corrected chi connectivity index (χ4v) is 2.28. The molecule has 1 aliphatic carbocycles.